The summed E-state index contributed by atoms with van der Waals surface area (Å²) in [4.78, 5) is 47.3. The van der Waals surface area contributed by atoms with Crippen LogP contribution < -0.4 is 0 Å². The van der Waals surface area contributed by atoms with Crippen LogP contribution >= 0.6 is 160 Å². The number of nitrogens with zero attached hydrogens (tertiary/aromatic N) is 1. The number of rotatable bonds is 13. The van der Waals surface area contributed by atoms with Gasteiger partial charge < -0.3 is 33.5 Å². The summed E-state index contributed by atoms with van der Waals surface area (Å²) < 4.78 is 37.0. The first-order valence-electron chi connectivity index (χ1n) is 33.2. The monoisotopic (exact) mass is 1720 g/mol. The van der Waals surface area contributed by atoms with Crippen molar-refractivity contribution in [3.63, 3.8) is 0 Å². The zero-order valence-electron chi connectivity index (χ0n) is 57.9. The summed E-state index contributed by atoms with van der Waals surface area (Å²) in [7, 11) is 0. The van der Waals surface area contributed by atoms with Crippen LogP contribution in [0.5, 0.6) is 0 Å². The quantitative estimate of drug-likeness (QED) is 0.110. The molecule has 0 bridgehead atoms. The maximum Gasteiger partial charge on any atom is 0.339 e. The number of aromatic nitrogens is 1. The molecule has 0 unspecified atom stereocenters. The number of hydrogen-bond donors (Lipinski definition) is 1. The van der Waals surface area contributed by atoms with Gasteiger partial charge in [0.2, 0.25) is 0 Å². The van der Waals surface area contributed by atoms with Crippen LogP contribution in [0.2, 0.25) is 26.0 Å². The second-order valence-electron chi connectivity index (χ2n) is 24.0. The molecule has 0 aliphatic carbocycles. The third kappa shape index (κ3) is 18.5. The number of esters is 2. The smallest absolute Gasteiger partial charge is 0.339 e. The molecule has 1 N–H and O–H groups in total. The Bertz CT molecular complexity index is 5480. The first kappa shape index (κ1) is 79.3. The predicted octanol–water partition coefficient (Wildman–Crippen LogP) is 26.7. The molecule has 15 heterocycles. The van der Waals surface area contributed by atoms with Crippen LogP contribution in [-0.4, -0.2) is 67.6 Å². The van der Waals surface area contributed by atoms with Gasteiger partial charge in [0.05, 0.1) is 48.4 Å². The normalized spacial score (nSPS) is 15.0. The largest absolute Gasteiger partial charge is 0.489 e. The molecular weight excluding hydrogens is 1660 g/mol. The van der Waals surface area contributed by atoms with Crippen molar-refractivity contribution in [3.05, 3.63) is 359 Å². The minimum atomic E-state index is -1.08. The summed E-state index contributed by atoms with van der Waals surface area (Å²) in [6, 6.07) is 59.5. The highest BCUT2D eigenvalue weighted by atomic mass is 35.5. The van der Waals surface area contributed by atoms with Gasteiger partial charge in [-0.15, -0.1) is 79.4 Å². The Hall–Kier alpha value is -8.84. The van der Waals surface area contributed by atoms with Crippen molar-refractivity contribution < 1.29 is 47.9 Å². The first-order valence-corrected chi connectivity index (χ1v) is 42.2. The number of pyridine rings is 1. The van der Waals surface area contributed by atoms with Gasteiger partial charge in [-0.3, -0.25) is 4.98 Å². The molecule has 6 aliphatic rings. The summed E-state index contributed by atoms with van der Waals surface area (Å²) in [5, 5.41) is 15.5. The van der Waals surface area contributed by atoms with Gasteiger partial charge in [-0.25, -0.2) is 14.4 Å². The van der Waals surface area contributed by atoms with Crippen molar-refractivity contribution in [1.29, 1.82) is 0 Å². The Morgan fingerprint density at radius 2 is 0.755 bits per heavy atom. The van der Waals surface area contributed by atoms with E-state index in [0.29, 0.717) is 69.7 Å². The van der Waals surface area contributed by atoms with Crippen molar-refractivity contribution in [3.8, 4) is 0 Å². The number of allylic oxidation sites excluding steroid dienone is 4. The molecule has 0 fully saturated rings. The Kier molecular flexibility index (Phi) is 26.3. The lowest BCUT2D eigenvalue weighted by atomic mass is 9.96. The van der Waals surface area contributed by atoms with Gasteiger partial charge in [0.15, 0.2) is 0 Å². The number of carboxylic acid groups (broad SMARTS) is 1. The molecule has 0 amide bonds. The van der Waals surface area contributed by atoms with Gasteiger partial charge in [-0.2, -0.15) is 11.3 Å². The van der Waals surface area contributed by atoms with Crippen LogP contribution in [0.3, 0.4) is 0 Å². The number of carboxylic acids is 1. The van der Waals surface area contributed by atoms with E-state index in [1.165, 1.54) is 55.9 Å². The standard InChI is InChI=1S/C15H9ClO4S.C15H11ClO2S.C15H11ClOS.C14H10ClNOS.2C13H9ClOS2/c16-12-6-5-11(21-12)10-7-20-15(19)13(10)8-3-1-2-4-9(8)14(17)18;1-9-4-2-3-5-10(9)14-11(8-18-15(14)17)12-6-7-13(16)19-12;1-10-15(11-5-3-2-4-6-11)12(9-17-10)13-7-8-14(16)18-13;1-9-14(11-4-2-3-7-16-11)10(8-17-9)12-5-6-13(15)18-12;1-8-13(9-4-5-16-7-9)10(6-15-8)11-2-3-12(14)17-11;1-8-13(11-3-2-6-16-11)9(7-15-8)10-4-5-12(14)17-10/h1-6H,7H2,(H,17,18);2-7H,8H2,1H3;2-8H,1,9H2;2-7H,1,8H2;2-5,7H,1,6H2;2-6H,1,7H2. The van der Waals surface area contributed by atoms with E-state index in [-0.39, 0.29) is 18.1 Å². The second kappa shape index (κ2) is 36.5. The molecule has 9 aromatic heterocycles. The third-order valence-corrected chi connectivity index (χ3v) is 26.5. The summed E-state index contributed by atoms with van der Waals surface area (Å²) in [6.45, 7) is 20.6. The maximum absolute atomic E-state index is 12.0. The Labute approximate surface area is 696 Å². The van der Waals surface area contributed by atoms with Crippen LogP contribution in [-0.2, 0) is 38.0 Å². The Morgan fingerprint density at radius 3 is 1.16 bits per heavy atom. The molecule has 18 rings (SSSR count). The molecule has 6 aliphatic heterocycles. The van der Waals surface area contributed by atoms with E-state index in [0.717, 1.165) is 120 Å². The fourth-order valence-electron chi connectivity index (χ4n) is 12.2. The van der Waals surface area contributed by atoms with Gasteiger partial charge in [0.25, 0.3) is 0 Å². The van der Waals surface area contributed by atoms with Crippen LogP contribution in [0, 0.1) is 6.92 Å². The van der Waals surface area contributed by atoms with Crippen molar-refractivity contribution in [2.75, 3.05) is 39.6 Å². The predicted molar refractivity (Wildman–Crippen MR) is 463 cm³/mol. The summed E-state index contributed by atoms with van der Waals surface area (Å²) in [5.74, 6) is 1.07. The second-order valence-corrected chi connectivity index (χ2v) is 36.0. The highest BCUT2D eigenvalue weighted by molar-refractivity contribution is 7.19. The SMILES string of the molecule is C=C1OCC(c2ccc(Cl)s2)=C1c1ccccc1.C=C1OCC(c2ccc(Cl)s2)=C1c1ccccn1.C=C1OCC(c2ccc(Cl)s2)=C1c1cccs1.C=C1OCC(c2ccc(Cl)s2)=C1c1ccsc1.Cc1ccccc1C1=C(c2ccc(Cl)s2)COC1=O.O=C1OCC(c2ccc(Cl)s2)=C1c1ccccc1C(=O)O. The fraction of sp³-hybridized carbons (Fsp3) is 0.0824. The molecule has 0 spiro atoms. The van der Waals surface area contributed by atoms with Crippen LogP contribution in [0.4, 0.5) is 0 Å². The highest BCUT2D eigenvalue weighted by Gasteiger charge is 2.33. The van der Waals surface area contributed by atoms with Gasteiger partial charge in [-0.05, 0) is 148 Å². The van der Waals surface area contributed by atoms with Gasteiger partial charge in [0, 0.05) is 102 Å². The van der Waals surface area contributed by atoms with E-state index in [2.05, 4.69) is 71.7 Å². The average molecular weight is 1720 g/mol. The van der Waals surface area contributed by atoms with E-state index in [1.54, 1.807) is 105 Å². The van der Waals surface area contributed by atoms with Crippen LogP contribution in [0.1, 0.15) is 78.0 Å². The number of ether oxygens (including phenoxy) is 6. The lowest BCUT2D eigenvalue weighted by molar-refractivity contribution is -0.134. The zero-order valence-corrected chi connectivity index (χ0v) is 68.9. The molecular formula is C85H59Cl6NO10S8. The molecule has 0 atom stereocenters. The average Bonchev–Trinajstić information content (AvgIpc) is 1.60. The number of cyclic esters (lactones) is 2. The van der Waals surface area contributed by atoms with E-state index < -0.39 is 11.9 Å². The lowest BCUT2D eigenvalue weighted by Gasteiger charge is -2.06. The lowest BCUT2D eigenvalue weighted by Crippen LogP contribution is -2.06. The zero-order chi connectivity index (χ0) is 77.1. The number of aromatic carboxylic acids is 1. The Balaban J connectivity index is 0.000000116. The summed E-state index contributed by atoms with van der Waals surface area (Å²) >= 11 is 48.3. The number of aryl methyl sites for hydroxylation is 1. The molecule has 0 saturated heterocycles. The number of halogens is 6. The third-order valence-electron chi connectivity index (χ3n) is 17.2. The van der Waals surface area contributed by atoms with Gasteiger partial charge in [-0.1, -0.05) is 181 Å². The Morgan fingerprint density at radius 1 is 0.373 bits per heavy atom. The fourth-order valence-corrected chi connectivity index (χ4v) is 20.1. The highest BCUT2D eigenvalue weighted by Crippen LogP contribution is 2.47. The molecule has 0 radical (unpaired) electrons. The van der Waals surface area contributed by atoms with E-state index in [9.17, 15) is 19.5 Å². The molecule has 0 saturated carbocycles. The van der Waals surface area contributed by atoms with E-state index in [4.69, 9.17) is 98.0 Å². The maximum atomic E-state index is 12.0. The summed E-state index contributed by atoms with van der Waals surface area (Å²) in [6.07, 6.45) is 1.77. The number of carbonyl (C=O) groups excluding carboxylic acids is 2. The summed E-state index contributed by atoms with van der Waals surface area (Å²) in [5.41, 5.74) is 17.2. The molecule has 554 valence electrons. The topological polar surface area (TPSA) is 140 Å². The van der Waals surface area contributed by atoms with Crippen molar-refractivity contribution in [2.45, 2.75) is 6.92 Å². The minimum Gasteiger partial charge on any atom is -0.489 e. The number of thiophene rings is 8. The van der Waals surface area contributed by atoms with E-state index >= 15 is 0 Å². The molecule has 12 aromatic rings. The number of hydrogen-bond acceptors (Lipinski definition) is 18. The van der Waals surface area contributed by atoms with Gasteiger partial charge in [0.1, 0.15) is 62.7 Å². The van der Waals surface area contributed by atoms with Crippen LogP contribution in [0.15, 0.2) is 260 Å². The van der Waals surface area contributed by atoms with Crippen molar-refractivity contribution in [2.24, 2.45) is 0 Å². The van der Waals surface area contributed by atoms with E-state index in [1.807, 2.05) is 134 Å². The molecule has 3 aromatic carbocycles. The van der Waals surface area contributed by atoms with Crippen LogP contribution in [0.25, 0.3) is 66.9 Å². The number of carbonyl (C=O) groups is 3. The van der Waals surface area contributed by atoms with Crippen molar-refractivity contribution >= 4 is 245 Å². The molecule has 110 heavy (non-hydrogen) atoms. The van der Waals surface area contributed by atoms with Gasteiger partial charge >= 0.3 is 17.9 Å². The number of benzene rings is 3. The molecule has 25 heteroatoms. The minimum absolute atomic E-state index is 0.0755. The first-order chi connectivity index (χ1) is 53.3. The molecule has 11 nitrogen and oxygen atoms in total. The van der Waals surface area contributed by atoms with Crippen molar-refractivity contribution in [1.82, 2.24) is 4.98 Å².